The van der Waals surface area contributed by atoms with Crippen molar-refractivity contribution in [2.45, 2.75) is 45.1 Å². The van der Waals surface area contributed by atoms with Gasteiger partial charge in [-0.15, -0.1) is 0 Å². The van der Waals surface area contributed by atoms with E-state index in [4.69, 9.17) is 0 Å². The topological polar surface area (TPSA) is 12.0 Å². The summed E-state index contributed by atoms with van der Waals surface area (Å²) in [6.45, 7) is 2.34. The average molecular weight is 389 g/mol. The van der Waals surface area contributed by atoms with E-state index in [2.05, 4.69) is 69.3 Å². The Bertz CT molecular complexity index is 399. The second-order valence-electron chi connectivity index (χ2n) is 5.59. The van der Waals surface area contributed by atoms with E-state index in [1.165, 1.54) is 37.7 Å². The minimum absolute atomic E-state index is 0.471. The highest BCUT2D eigenvalue weighted by Crippen LogP contribution is 2.41. The number of hydrogen-bond donors (Lipinski definition) is 1. The first kappa shape index (κ1) is 15.5. The Balaban J connectivity index is 2.27. The molecular weight excluding hydrogens is 366 g/mol. The van der Waals surface area contributed by atoms with Crippen LogP contribution in [-0.2, 0) is 0 Å². The van der Waals surface area contributed by atoms with Gasteiger partial charge in [-0.2, -0.15) is 0 Å². The lowest BCUT2D eigenvalue weighted by Gasteiger charge is -2.37. The molecule has 106 valence electrons. The molecule has 1 saturated carbocycles. The molecule has 3 atom stereocenters. The van der Waals surface area contributed by atoms with Crippen LogP contribution in [0, 0.1) is 11.8 Å². The first-order valence-electron chi connectivity index (χ1n) is 7.29. The molecule has 0 heterocycles. The molecule has 1 N–H and O–H groups in total. The van der Waals surface area contributed by atoms with Crippen LogP contribution in [0.25, 0.3) is 0 Å². The van der Waals surface area contributed by atoms with E-state index in [-0.39, 0.29) is 0 Å². The van der Waals surface area contributed by atoms with Gasteiger partial charge in [0.2, 0.25) is 0 Å². The van der Waals surface area contributed by atoms with Gasteiger partial charge in [-0.1, -0.05) is 64.5 Å². The summed E-state index contributed by atoms with van der Waals surface area (Å²) in [6, 6.07) is 7.09. The highest BCUT2D eigenvalue weighted by Gasteiger charge is 2.31. The molecule has 0 radical (unpaired) electrons. The molecule has 3 heteroatoms. The predicted octanol–water partition coefficient (Wildman–Crippen LogP) is 5.69. The summed E-state index contributed by atoms with van der Waals surface area (Å²) in [4.78, 5) is 0. The molecule has 0 bridgehead atoms. The number of hydrogen-bond acceptors (Lipinski definition) is 1. The zero-order valence-corrected chi connectivity index (χ0v) is 14.9. The second kappa shape index (κ2) is 7.24. The van der Waals surface area contributed by atoms with E-state index in [0.717, 1.165) is 20.8 Å². The summed E-state index contributed by atoms with van der Waals surface area (Å²) >= 11 is 7.22. The molecule has 0 aromatic heterocycles. The van der Waals surface area contributed by atoms with Gasteiger partial charge in [-0.05, 0) is 49.1 Å². The lowest BCUT2D eigenvalue weighted by atomic mass is 9.72. The van der Waals surface area contributed by atoms with Crippen molar-refractivity contribution < 1.29 is 0 Å². The van der Waals surface area contributed by atoms with Crippen LogP contribution in [0.3, 0.4) is 0 Å². The first-order valence-corrected chi connectivity index (χ1v) is 8.87. The van der Waals surface area contributed by atoms with Gasteiger partial charge in [-0.25, -0.2) is 0 Å². The molecule has 1 aromatic carbocycles. The third kappa shape index (κ3) is 3.83. The van der Waals surface area contributed by atoms with Crippen molar-refractivity contribution in [3.8, 4) is 0 Å². The summed E-state index contributed by atoms with van der Waals surface area (Å²) in [5.74, 6) is 1.63. The van der Waals surface area contributed by atoms with E-state index < -0.39 is 0 Å². The van der Waals surface area contributed by atoms with Crippen molar-refractivity contribution >= 4 is 31.9 Å². The van der Waals surface area contributed by atoms with Gasteiger partial charge >= 0.3 is 0 Å². The number of rotatable bonds is 4. The van der Waals surface area contributed by atoms with Crippen molar-refractivity contribution in [3.05, 3.63) is 32.7 Å². The standard InChI is InChI=1S/C16H23Br2N/c1-3-11-6-4-5-7-15(11)16(19-2)12-8-13(17)10-14(18)9-12/h8-11,15-16,19H,3-7H2,1-2H3. The fourth-order valence-corrected chi connectivity index (χ4v) is 4.89. The van der Waals surface area contributed by atoms with Gasteiger partial charge in [0.1, 0.15) is 0 Å². The fourth-order valence-electron chi connectivity index (χ4n) is 3.56. The summed E-state index contributed by atoms with van der Waals surface area (Å²) in [5, 5.41) is 3.57. The molecule has 3 unspecified atom stereocenters. The van der Waals surface area contributed by atoms with Gasteiger partial charge < -0.3 is 5.32 Å². The highest BCUT2D eigenvalue weighted by molar-refractivity contribution is 9.11. The molecule has 2 rings (SSSR count). The maximum absolute atomic E-state index is 3.61. The maximum atomic E-state index is 3.61. The SMILES string of the molecule is CCC1CCCCC1C(NC)c1cc(Br)cc(Br)c1. The van der Waals surface area contributed by atoms with Crippen LogP contribution < -0.4 is 5.32 Å². The normalized spacial score (nSPS) is 25.3. The number of benzene rings is 1. The van der Waals surface area contributed by atoms with E-state index in [1.54, 1.807) is 0 Å². The molecular formula is C16H23Br2N. The second-order valence-corrected chi connectivity index (χ2v) is 7.42. The molecule has 1 nitrogen and oxygen atoms in total. The molecule has 1 fully saturated rings. The van der Waals surface area contributed by atoms with Crippen molar-refractivity contribution in [2.24, 2.45) is 11.8 Å². The first-order chi connectivity index (χ1) is 9.15. The molecule has 0 amide bonds. The van der Waals surface area contributed by atoms with Crippen LogP contribution in [0.1, 0.15) is 50.6 Å². The van der Waals surface area contributed by atoms with Gasteiger partial charge in [0.25, 0.3) is 0 Å². The molecule has 1 aromatic rings. The van der Waals surface area contributed by atoms with Crippen molar-refractivity contribution in [1.82, 2.24) is 5.32 Å². The predicted molar refractivity (Wildman–Crippen MR) is 89.4 cm³/mol. The number of nitrogens with one attached hydrogen (secondary N) is 1. The zero-order valence-electron chi connectivity index (χ0n) is 11.8. The largest absolute Gasteiger partial charge is 0.313 e. The van der Waals surface area contributed by atoms with Crippen LogP contribution >= 0.6 is 31.9 Å². The third-order valence-corrected chi connectivity index (χ3v) is 5.39. The smallest absolute Gasteiger partial charge is 0.0349 e. The van der Waals surface area contributed by atoms with Crippen LogP contribution in [0.15, 0.2) is 27.1 Å². The monoisotopic (exact) mass is 387 g/mol. The molecule has 19 heavy (non-hydrogen) atoms. The van der Waals surface area contributed by atoms with E-state index in [9.17, 15) is 0 Å². The summed E-state index contributed by atoms with van der Waals surface area (Å²) in [7, 11) is 2.10. The molecule has 1 aliphatic rings. The molecule has 1 aliphatic carbocycles. The summed E-state index contributed by atoms with van der Waals surface area (Å²) < 4.78 is 2.31. The van der Waals surface area contributed by atoms with Gasteiger partial charge in [-0.3, -0.25) is 0 Å². The molecule has 0 aliphatic heterocycles. The Hall–Kier alpha value is 0.140. The van der Waals surface area contributed by atoms with Crippen LogP contribution in [0.4, 0.5) is 0 Å². The third-order valence-electron chi connectivity index (χ3n) is 4.48. The summed E-state index contributed by atoms with van der Waals surface area (Å²) in [5.41, 5.74) is 1.40. The Labute approximate surface area is 133 Å². The van der Waals surface area contributed by atoms with Crippen molar-refractivity contribution in [3.63, 3.8) is 0 Å². The Morgan fingerprint density at radius 2 is 1.79 bits per heavy atom. The molecule has 0 spiro atoms. The highest BCUT2D eigenvalue weighted by atomic mass is 79.9. The van der Waals surface area contributed by atoms with E-state index in [0.29, 0.717) is 6.04 Å². The lowest BCUT2D eigenvalue weighted by molar-refractivity contribution is 0.180. The molecule has 0 saturated heterocycles. The Kier molecular flexibility index (Phi) is 5.91. The minimum Gasteiger partial charge on any atom is -0.313 e. The Morgan fingerprint density at radius 3 is 2.37 bits per heavy atom. The number of halogens is 2. The van der Waals surface area contributed by atoms with E-state index in [1.807, 2.05) is 0 Å². The van der Waals surface area contributed by atoms with Gasteiger partial charge in [0.15, 0.2) is 0 Å². The van der Waals surface area contributed by atoms with Gasteiger partial charge in [0, 0.05) is 15.0 Å². The van der Waals surface area contributed by atoms with E-state index >= 15 is 0 Å². The van der Waals surface area contributed by atoms with Crippen LogP contribution in [0.2, 0.25) is 0 Å². The fraction of sp³-hybridized carbons (Fsp3) is 0.625. The van der Waals surface area contributed by atoms with Crippen molar-refractivity contribution in [2.75, 3.05) is 7.05 Å². The minimum atomic E-state index is 0.471. The average Bonchev–Trinajstić information content (AvgIpc) is 2.39. The van der Waals surface area contributed by atoms with Crippen molar-refractivity contribution in [1.29, 1.82) is 0 Å². The van der Waals surface area contributed by atoms with Gasteiger partial charge in [0.05, 0.1) is 0 Å². The summed E-state index contributed by atoms with van der Waals surface area (Å²) in [6.07, 6.45) is 6.85. The zero-order chi connectivity index (χ0) is 13.8. The lowest BCUT2D eigenvalue weighted by Crippen LogP contribution is -2.32. The maximum Gasteiger partial charge on any atom is 0.0349 e. The quantitative estimate of drug-likeness (QED) is 0.698. The Morgan fingerprint density at radius 1 is 1.16 bits per heavy atom. The van der Waals surface area contributed by atoms with Crippen LogP contribution in [0.5, 0.6) is 0 Å². The van der Waals surface area contributed by atoms with Crippen LogP contribution in [-0.4, -0.2) is 7.05 Å².